The first-order valence-corrected chi connectivity index (χ1v) is 8.63. The zero-order valence-electron chi connectivity index (χ0n) is 14.3. The standard InChI is InChI=1S/C20H24N2O3/c1-13(6-7-14-8-10-16(23)11-9-14)21-20(25)22-19-17-5-3-2-4-15(17)12-18(19)24/h2-5,8-11,13,18-19,23-24H,6-7,12H2,1H3,(H2,21,22,25)/t13?,18-,19+/m0/s1. The van der Waals surface area contributed by atoms with Crippen LogP contribution in [0.5, 0.6) is 5.75 Å². The van der Waals surface area contributed by atoms with Crippen molar-refractivity contribution in [1.29, 1.82) is 0 Å². The molecule has 0 fully saturated rings. The third kappa shape index (κ3) is 4.31. The highest BCUT2D eigenvalue weighted by atomic mass is 16.3. The Kier molecular flexibility index (Phi) is 5.24. The van der Waals surface area contributed by atoms with Crippen molar-refractivity contribution in [1.82, 2.24) is 10.6 Å². The molecule has 2 amide bonds. The number of aliphatic hydroxyl groups excluding tert-OH is 1. The van der Waals surface area contributed by atoms with Gasteiger partial charge in [0.15, 0.2) is 0 Å². The number of hydrogen-bond donors (Lipinski definition) is 4. The highest BCUT2D eigenvalue weighted by Crippen LogP contribution is 2.31. The summed E-state index contributed by atoms with van der Waals surface area (Å²) in [4.78, 5) is 12.3. The quantitative estimate of drug-likeness (QED) is 0.675. The Hall–Kier alpha value is -2.53. The smallest absolute Gasteiger partial charge is 0.315 e. The molecule has 1 aliphatic carbocycles. The van der Waals surface area contributed by atoms with Gasteiger partial charge >= 0.3 is 6.03 Å². The molecule has 0 aromatic heterocycles. The van der Waals surface area contributed by atoms with Crippen molar-refractivity contribution in [2.45, 2.75) is 44.4 Å². The van der Waals surface area contributed by atoms with Crippen molar-refractivity contribution < 1.29 is 15.0 Å². The molecule has 0 bridgehead atoms. The van der Waals surface area contributed by atoms with E-state index in [9.17, 15) is 15.0 Å². The maximum Gasteiger partial charge on any atom is 0.315 e. The predicted octanol–water partition coefficient (Wildman–Crippen LogP) is 2.67. The number of hydrogen-bond acceptors (Lipinski definition) is 3. The van der Waals surface area contributed by atoms with E-state index in [0.717, 1.165) is 29.5 Å². The van der Waals surface area contributed by atoms with Gasteiger partial charge in [0, 0.05) is 12.5 Å². The van der Waals surface area contributed by atoms with Crippen LogP contribution in [0.25, 0.3) is 0 Å². The van der Waals surface area contributed by atoms with Gasteiger partial charge in [-0.2, -0.15) is 0 Å². The van der Waals surface area contributed by atoms with Crippen LogP contribution in [0.3, 0.4) is 0 Å². The SMILES string of the molecule is CC(CCc1ccc(O)cc1)NC(=O)N[C@@H]1c2ccccc2C[C@@H]1O. The van der Waals surface area contributed by atoms with Gasteiger partial charge < -0.3 is 20.8 Å². The van der Waals surface area contributed by atoms with Gasteiger partial charge in [0.05, 0.1) is 12.1 Å². The second-order valence-electron chi connectivity index (χ2n) is 6.67. The van der Waals surface area contributed by atoms with Crippen LogP contribution < -0.4 is 10.6 Å². The molecule has 0 radical (unpaired) electrons. The molecule has 1 unspecified atom stereocenters. The number of phenolic OH excluding ortho intramolecular Hbond substituents is 1. The molecular weight excluding hydrogens is 316 g/mol. The fourth-order valence-electron chi connectivity index (χ4n) is 3.27. The summed E-state index contributed by atoms with van der Waals surface area (Å²) in [6.45, 7) is 1.96. The lowest BCUT2D eigenvalue weighted by Crippen LogP contribution is -2.44. The van der Waals surface area contributed by atoms with Crippen molar-refractivity contribution in [2.75, 3.05) is 0 Å². The largest absolute Gasteiger partial charge is 0.508 e. The molecule has 0 aliphatic heterocycles. The lowest BCUT2D eigenvalue weighted by Gasteiger charge is -2.21. The van der Waals surface area contributed by atoms with Crippen LogP contribution in [-0.2, 0) is 12.8 Å². The highest BCUT2D eigenvalue weighted by Gasteiger charge is 2.31. The van der Waals surface area contributed by atoms with Gasteiger partial charge in [0.1, 0.15) is 5.75 Å². The van der Waals surface area contributed by atoms with E-state index in [1.807, 2.05) is 43.3 Å². The van der Waals surface area contributed by atoms with Crippen molar-refractivity contribution in [3.05, 3.63) is 65.2 Å². The van der Waals surface area contributed by atoms with Crippen LogP contribution in [0.2, 0.25) is 0 Å². The van der Waals surface area contributed by atoms with Gasteiger partial charge in [-0.15, -0.1) is 0 Å². The van der Waals surface area contributed by atoms with E-state index in [1.54, 1.807) is 12.1 Å². The number of carbonyl (C=O) groups is 1. The molecule has 3 rings (SSSR count). The minimum absolute atomic E-state index is 0.00240. The number of aromatic hydroxyl groups is 1. The molecule has 0 heterocycles. The summed E-state index contributed by atoms with van der Waals surface area (Å²) >= 11 is 0. The number of benzene rings is 2. The Balaban J connectivity index is 1.49. The van der Waals surface area contributed by atoms with Crippen molar-refractivity contribution in [2.24, 2.45) is 0 Å². The van der Waals surface area contributed by atoms with Crippen molar-refractivity contribution in [3.8, 4) is 5.75 Å². The fourth-order valence-corrected chi connectivity index (χ4v) is 3.27. The summed E-state index contributed by atoms with van der Waals surface area (Å²) in [6.07, 6.45) is 1.59. The topological polar surface area (TPSA) is 81.6 Å². The Morgan fingerprint density at radius 2 is 1.92 bits per heavy atom. The molecule has 2 aromatic rings. The summed E-state index contributed by atoms with van der Waals surface area (Å²) < 4.78 is 0. The van der Waals surface area contributed by atoms with Crippen LogP contribution >= 0.6 is 0 Å². The molecule has 1 aliphatic rings. The second-order valence-corrected chi connectivity index (χ2v) is 6.67. The number of nitrogens with one attached hydrogen (secondary N) is 2. The first-order chi connectivity index (χ1) is 12.0. The van der Waals surface area contributed by atoms with Gasteiger partial charge in [0.25, 0.3) is 0 Å². The third-order valence-corrected chi connectivity index (χ3v) is 4.67. The first-order valence-electron chi connectivity index (χ1n) is 8.63. The molecule has 0 saturated heterocycles. The Morgan fingerprint density at radius 3 is 2.68 bits per heavy atom. The number of carbonyl (C=O) groups excluding carboxylic acids is 1. The van der Waals surface area contributed by atoms with Gasteiger partial charge in [-0.3, -0.25) is 0 Å². The van der Waals surface area contributed by atoms with Gasteiger partial charge in [-0.25, -0.2) is 4.79 Å². The minimum atomic E-state index is -0.588. The molecule has 5 heteroatoms. The van der Waals surface area contributed by atoms with Crippen molar-refractivity contribution in [3.63, 3.8) is 0 Å². The predicted molar refractivity (Wildman–Crippen MR) is 96.5 cm³/mol. The summed E-state index contributed by atoms with van der Waals surface area (Å²) in [5.41, 5.74) is 3.19. The summed E-state index contributed by atoms with van der Waals surface area (Å²) in [6, 6.07) is 14.3. The van der Waals surface area contributed by atoms with Crippen LogP contribution in [-0.4, -0.2) is 28.4 Å². The molecule has 132 valence electrons. The number of fused-ring (bicyclic) bond motifs is 1. The van der Waals surface area contributed by atoms with Crippen LogP contribution in [0.1, 0.15) is 36.1 Å². The van der Waals surface area contributed by atoms with E-state index >= 15 is 0 Å². The number of phenols is 1. The number of rotatable bonds is 5. The van der Waals surface area contributed by atoms with Crippen molar-refractivity contribution >= 4 is 6.03 Å². The maximum atomic E-state index is 12.3. The van der Waals surface area contributed by atoms with Crippen LogP contribution in [0, 0.1) is 0 Å². The molecule has 3 atom stereocenters. The lowest BCUT2D eigenvalue weighted by atomic mass is 10.1. The van der Waals surface area contributed by atoms with Crippen LogP contribution in [0.4, 0.5) is 4.79 Å². The zero-order valence-corrected chi connectivity index (χ0v) is 14.3. The molecule has 25 heavy (non-hydrogen) atoms. The summed E-state index contributed by atoms with van der Waals surface area (Å²) in [5.74, 6) is 0.254. The molecule has 4 N–H and O–H groups in total. The van der Waals surface area contributed by atoms with E-state index in [1.165, 1.54) is 0 Å². The van der Waals surface area contributed by atoms with Gasteiger partial charge in [-0.05, 0) is 48.6 Å². The molecular formula is C20H24N2O3. The highest BCUT2D eigenvalue weighted by molar-refractivity contribution is 5.75. The summed E-state index contributed by atoms with van der Waals surface area (Å²) in [5, 5.41) is 25.3. The number of aryl methyl sites for hydroxylation is 1. The Morgan fingerprint density at radius 1 is 1.20 bits per heavy atom. The average molecular weight is 340 g/mol. The number of urea groups is 1. The summed E-state index contributed by atoms with van der Waals surface area (Å²) in [7, 11) is 0. The molecule has 0 saturated carbocycles. The van der Waals surface area contributed by atoms with E-state index in [4.69, 9.17) is 0 Å². The Labute approximate surface area is 147 Å². The number of amides is 2. The van der Waals surface area contributed by atoms with E-state index in [2.05, 4.69) is 10.6 Å². The molecule has 5 nitrogen and oxygen atoms in total. The fraction of sp³-hybridized carbons (Fsp3) is 0.350. The third-order valence-electron chi connectivity index (χ3n) is 4.67. The second kappa shape index (κ2) is 7.57. The maximum absolute atomic E-state index is 12.3. The number of aliphatic hydroxyl groups is 1. The molecule has 0 spiro atoms. The Bertz CT molecular complexity index is 730. The normalized spacial score (nSPS) is 19.9. The van der Waals surface area contributed by atoms with E-state index in [0.29, 0.717) is 6.42 Å². The monoisotopic (exact) mass is 340 g/mol. The van der Waals surface area contributed by atoms with E-state index in [-0.39, 0.29) is 23.9 Å². The van der Waals surface area contributed by atoms with Crippen LogP contribution in [0.15, 0.2) is 48.5 Å². The first kappa shape index (κ1) is 17.3. The molecule has 2 aromatic carbocycles. The minimum Gasteiger partial charge on any atom is -0.508 e. The zero-order chi connectivity index (χ0) is 17.8. The van der Waals surface area contributed by atoms with Gasteiger partial charge in [0.2, 0.25) is 0 Å². The van der Waals surface area contributed by atoms with Gasteiger partial charge in [-0.1, -0.05) is 36.4 Å². The average Bonchev–Trinajstić information content (AvgIpc) is 2.90. The lowest BCUT2D eigenvalue weighted by molar-refractivity contribution is 0.142. The van der Waals surface area contributed by atoms with E-state index < -0.39 is 6.10 Å².